The molecule has 8 heteroatoms. The number of nitrogens with one attached hydrogen (secondary N) is 1. The minimum atomic E-state index is -0.641. The van der Waals surface area contributed by atoms with Crippen molar-refractivity contribution in [2.75, 3.05) is 32.7 Å². The number of fused-ring (bicyclic) bond motifs is 1. The molecule has 136 valence electrons. The second-order valence-electron chi connectivity index (χ2n) is 4.95. The SMILES string of the molecule is CCOC(=O)c1c(SCC)[nH]c2c(Cl)c(OCCOC)ccc2c1=O. The summed E-state index contributed by atoms with van der Waals surface area (Å²) in [6.07, 6.45) is 0. The first-order chi connectivity index (χ1) is 12.0. The third kappa shape index (κ3) is 4.29. The lowest BCUT2D eigenvalue weighted by molar-refractivity contribution is 0.0520. The van der Waals surface area contributed by atoms with Gasteiger partial charge in [-0.15, -0.1) is 11.8 Å². The maximum atomic E-state index is 12.8. The van der Waals surface area contributed by atoms with Crippen LogP contribution in [-0.2, 0) is 9.47 Å². The van der Waals surface area contributed by atoms with Crippen LogP contribution in [0.1, 0.15) is 24.2 Å². The summed E-state index contributed by atoms with van der Waals surface area (Å²) < 4.78 is 15.5. The Bertz CT molecular complexity index is 821. The molecular formula is C17H20ClNO5S. The number of ether oxygens (including phenoxy) is 3. The monoisotopic (exact) mass is 385 g/mol. The molecule has 1 aromatic heterocycles. The van der Waals surface area contributed by atoms with Crippen molar-refractivity contribution < 1.29 is 19.0 Å². The molecule has 1 aromatic carbocycles. The third-order valence-electron chi connectivity index (χ3n) is 3.36. The fourth-order valence-corrected chi connectivity index (χ4v) is 3.32. The van der Waals surface area contributed by atoms with E-state index in [-0.39, 0.29) is 12.2 Å². The number of hydrogen-bond donors (Lipinski definition) is 1. The van der Waals surface area contributed by atoms with E-state index in [1.807, 2.05) is 6.92 Å². The number of carbonyl (C=O) groups excluding carboxylic acids is 1. The van der Waals surface area contributed by atoms with E-state index in [0.717, 1.165) is 0 Å². The molecule has 0 amide bonds. The van der Waals surface area contributed by atoms with Crippen LogP contribution in [0.3, 0.4) is 0 Å². The van der Waals surface area contributed by atoms with Crippen molar-refractivity contribution in [2.24, 2.45) is 0 Å². The molecule has 6 nitrogen and oxygen atoms in total. The number of benzene rings is 1. The minimum Gasteiger partial charge on any atom is -0.490 e. The van der Waals surface area contributed by atoms with Crippen molar-refractivity contribution >= 4 is 40.2 Å². The van der Waals surface area contributed by atoms with E-state index in [0.29, 0.717) is 45.7 Å². The number of aromatic nitrogens is 1. The first-order valence-electron chi connectivity index (χ1n) is 7.85. The highest BCUT2D eigenvalue weighted by molar-refractivity contribution is 7.99. The number of halogens is 1. The summed E-state index contributed by atoms with van der Waals surface area (Å²) in [5.41, 5.74) is 0.0318. The van der Waals surface area contributed by atoms with Gasteiger partial charge in [0, 0.05) is 12.5 Å². The van der Waals surface area contributed by atoms with Crippen molar-refractivity contribution in [2.45, 2.75) is 18.9 Å². The molecule has 2 rings (SSSR count). The first kappa shape index (κ1) is 19.6. The lowest BCUT2D eigenvalue weighted by Crippen LogP contribution is -2.20. The van der Waals surface area contributed by atoms with Gasteiger partial charge >= 0.3 is 5.97 Å². The molecule has 0 atom stereocenters. The number of pyridine rings is 1. The summed E-state index contributed by atoms with van der Waals surface area (Å²) >= 11 is 7.74. The van der Waals surface area contributed by atoms with E-state index in [1.54, 1.807) is 26.2 Å². The lowest BCUT2D eigenvalue weighted by Gasteiger charge is -2.13. The highest BCUT2D eigenvalue weighted by Gasteiger charge is 2.22. The number of thioether (sulfide) groups is 1. The Hall–Kier alpha value is -1.70. The Balaban J connectivity index is 2.60. The van der Waals surface area contributed by atoms with E-state index in [4.69, 9.17) is 25.8 Å². The molecule has 1 heterocycles. The molecule has 2 aromatic rings. The molecule has 0 radical (unpaired) electrons. The van der Waals surface area contributed by atoms with Crippen molar-refractivity contribution in [3.05, 3.63) is 32.9 Å². The number of rotatable bonds is 8. The van der Waals surface area contributed by atoms with Crippen molar-refractivity contribution in [3.63, 3.8) is 0 Å². The molecule has 0 aliphatic heterocycles. The molecule has 0 saturated carbocycles. The van der Waals surface area contributed by atoms with Gasteiger partial charge in [0.25, 0.3) is 0 Å². The van der Waals surface area contributed by atoms with Crippen molar-refractivity contribution in [3.8, 4) is 5.75 Å². The number of H-pyrrole nitrogens is 1. The largest absolute Gasteiger partial charge is 0.490 e. The van der Waals surface area contributed by atoms with E-state index >= 15 is 0 Å². The average Bonchev–Trinajstić information content (AvgIpc) is 2.58. The maximum absolute atomic E-state index is 12.8. The second-order valence-corrected chi connectivity index (χ2v) is 6.61. The summed E-state index contributed by atoms with van der Waals surface area (Å²) in [4.78, 5) is 28.1. The van der Waals surface area contributed by atoms with E-state index in [2.05, 4.69) is 4.98 Å². The minimum absolute atomic E-state index is 0.00492. The van der Waals surface area contributed by atoms with E-state index in [1.165, 1.54) is 11.8 Å². The van der Waals surface area contributed by atoms with Crippen LogP contribution in [0.4, 0.5) is 0 Å². The van der Waals surface area contributed by atoms with Gasteiger partial charge < -0.3 is 19.2 Å². The van der Waals surface area contributed by atoms with Crippen LogP contribution in [0.25, 0.3) is 10.9 Å². The highest BCUT2D eigenvalue weighted by atomic mass is 35.5. The summed E-state index contributed by atoms with van der Waals surface area (Å²) in [5, 5.41) is 1.04. The summed E-state index contributed by atoms with van der Waals surface area (Å²) in [7, 11) is 1.58. The Morgan fingerprint density at radius 2 is 2.04 bits per heavy atom. The predicted octanol–water partition coefficient (Wildman–Crippen LogP) is 3.50. The quantitative estimate of drug-likeness (QED) is 0.425. The Labute approximate surface area is 154 Å². The fraction of sp³-hybridized carbons (Fsp3) is 0.412. The number of hydrogen-bond acceptors (Lipinski definition) is 6. The number of esters is 1. The molecule has 1 N–H and O–H groups in total. The Morgan fingerprint density at radius 3 is 2.68 bits per heavy atom. The Morgan fingerprint density at radius 1 is 1.28 bits per heavy atom. The van der Waals surface area contributed by atoms with Crippen LogP contribution in [0, 0.1) is 0 Å². The molecule has 0 unspecified atom stereocenters. The molecule has 0 saturated heterocycles. The van der Waals surface area contributed by atoms with Crippen LogP contribution in [0.5, 0.6) is 5.75 Å². The van der Waals surface area contributed by atoms with Gasteiger partial charge in [-0.1, -0.05) is 18.5 Å². The topological polar surface area (TPSA) is 77.6 Å². The zero-order valence-corrected chi connectivity index (χ0v) is 15.9. The van der Waals surface area contributed by atoms with Gasteiger partial charge in [0.05, 0.1) is 23.8 Å². The second kappa shape index (κ2) is 9.12. The standard InChI is InChI=1S/C17H20ClNO5S/c1-4-23-17(21)12-15(20)10-6-7-11(24-9-8-22-3)13(18)14(10)19-16(12)25-5-2/h6-7H,4-5,8-9H2,1-3H3,(H,19,20). The van der Waals surface area contributed by atoms with Gasteiger partial charge in [-0.3, -0.25) is 4.79 Å². The predicted molar refractivity (Wildman–Crippen MR) is 99.3 cm³/mol. The van der Waals surface area contributed by atoms with Gasteiger partial charge in [-0.05, 0) is 24.8 Å². The zero-order valence-electron chi connectivity index (χ0n) is 14.3. The number of aromatic amines is 1. The highest BCUT2D eigenvalue weighted by Crippen LogP contribution is 2.32. The van der Waals surface area contributed by atoms with Crippen LogP contribution < -0.4 is 10.2 Å². The van der Waals surface area contributed by atoms with Gasteiger partial charge in [-0.2, -0.15) is 0 Å². The lowest BCUT2D eigenvalue weighted by atomic mass is 10.1. The van der Waals surface area contributed by atoms with Crippen LogP contribution in [-0.4, -0.2) is 43.6 Å². The molecule has 25 heavy (non-hydrogen) atoms. The fourth-order valence-electron chi connectivity index (χ4n) is 2.27. The average molecular weight is 386 g/mol. The molecule has 0 bridgehead atoms. The van der Waals surface area contributed by atoms with Crippen LogP contribution in [0.15, 0.2) is 22.0 Å². The number of methoxy groups -OCH3 is 1. The molecular weight excluding hydrogens is 366 g/mol. The summed E-state index contributed by atoms with van der Waals surface area (Å²) in [5.74, 6) is 0.478. The number of carbonyl (C=O) groups is 1. The maximum Gasteiger partial charge on any atom is 0.344 e. The van der Waals surface area contributed by atoms with Gasteiger partial charge in [0.15, 0.2) is 0 Å². The van der Waals surface area contributed by atoms with Gasteiger partial charge in [0.1, 0.15) is 22.9 Å². The zero-order chi connectivity index (χ0) is 18.4. The third-order valence-corrected chi connectivity index (χ3v) is 4.62. The summed E-state index contributed by atoms with van der Waals surface area (Å²) in [6, 6.07) is 3.20. The van der Waals surface area contributed by atoms with E-state index in [9.17, 15) is 9.59 Å². The smallest absolute Gasteiger partial charge is 0.344 e. The molecule has 0 spiro atoms. The molecule has 0 aliphatic rings. The molecule has 0 fully saturated rings. The van der Waals surface area contributed by atoms with Crippen molar-refractivity contribution in [1.82, 2.24) is 4.98 Å². The van der Waals surface area contributed by atoms with Crippen LogP contribution >= 0.6 is 23.4 Å². The van der Waals surface area contributed by atoms with Gasteiger partial charge in [0.2, 0.25) is 5.43 Å². The van der Waals surface area contributed by atoms with E-state index < -0.39 is 11.4 Å². The van der Waals surface area contributed by atoms with Crippen molar-refractivity contribution in [1.29, 1.82) is 0 Å². The summed E-state index contributed by atoms with van der Waals surface area (Å²) in [6.45, 7) is 4.57. The Kier molecular flexibility index (Phi) is 7.16. The van der Waals surface area contributed by atoms with Gasteiger partial charge in [-0.25, -0.2) is 4.79 Å². The normalized spacial score (nSPS) is 10.9. The molecule has 0 aliphatic carbocycles. The van der Waals surface area contributed by atoms with Crippen LogP contribution in [0.2, 0.25) is 5.02 Å². The first-order valence-corrected chi connectivity index (χ1v) is 9.21.